The first-order valence-corrected chi connectivity index (χ1v) is 11.2. The Morgan fingerprint density at radius 2 is 1.90 bits per heavy atom. The summed E-state index contributed by atoms with van der Waals surface area (Å²) in [5.74, 6) is 0.655. The van der Waals surface area contributed by atoms with E-state index in [1.807, 2.05) is 24.3 Å². The Morgan fingerprint density at radius 3 is 2.55 bits per heavy atom. The molecule has 1 aromatic carbocycles. The molecular weight excluding hydrogens is 362 g/mol. The molecule has 29 heavy (non-hydrogen) atoms. The topological polar surface area (TPSA) is 80.2 Å². The molecule has 2 aliphatic rings. The van der Waals surface area contributed by atoms with Gasteiger partial charge in [0.25, 0.3) is 0 Å². The smallest absolute Gasteiger partial charge is 0.317 e. The van der Waals surface area contributed by atoms with Gasteiger partial charge in [-0.25, -0.2) is 4.79 Å². The lowest BCUT2D eigenvalue weighted by molar-refractivity contribution is 0.153. The molecule has 2 fully saturated rings. The molecule has 3 atom stereocenters. The number of urea groups is 1. The Morgan fingerprint density at radius 1 is 1.17 bits per heavy atom. The van der Waals surface area contributed by atoms with Crippen LogP contribution in [0, 0.1) is 17.2 Å². The summed E-state index contributed by atoms with van der Waals surface area (Å²) in [5, 5.41) is 18.9. The van der Waals surface area contributed by atoms with Crippen LogP contribution in [-0.2, 0) is 0 Å². The van der Waals surface area contributed by atoms with Gasteiger partial charge in [-0.15, -0.1) is 0 Å². The van der Waals surface area contributed by atoms with Gasteiger partial charge < -0.3 is 20.9 Å². The molecule has 0 spiro atoms. The number of carbonyl (C=O) groups is 1. The van der Waals surface area contributed by atoms with Gasteiger partial charge in [0.1, 0.15) is 0 Å². The fourth-order valence-corrected chi connectivity index (χ4v) is 4.71. The summed E-state index contributed by atoms with van der Waals surface area (Å²) in [4.78, 5) is 14.7. The van der Waals surface area contributed by atoms with Crippen molar-refractivity contribution in [1.82, 2.24) is 15.5 Å². The highest BCUT2D eigenvalue weighted by Crippen LogP contribution is 2.26. The van der Waals surface area contributed by atoms with E-state index < -0.39 is 0 Å². The van der Waals surface area contributed by atoms with E-state index in [1.165, 1.54) is 19.3 Å². The van der Waals surface area contributed by atoms with Crippen LogP contribution in [0.3, 0.4) is 0 Å². The number of hydrogen-bond donors (Lipinski definition) is 3. The van der Waals surface area contributed by atoms with E-state index in [0.717, 1.165) is 57.5 Å². The number of rotatable bonds is 10. The lowest BCUT2D eigenvalue weighted by Crippen LogP contribution is -2.57. The van der Waals surface area contributed by atoms with Crippen LogP contribution in [0.4, 0.5) is 10.5 Å². The summed E-state index contributed by atoms with van der Waals surface area (Å²) in [7, 11) is 0. The van der Waals surface area contributed by atoms with Crippen molar-refractivity contribution in [2.24, 2.45) is 5.92 Å². The van der Waals surface area contributed by atoms with Crippen LogP contribution in [0.2, 0.25) is 0 Å². The van der Waals surface area contributed by atoms with Gasteiger partial charge in [0, 0.05) is 44.0 Å². The van der Waals surface area contributed by atoms with Crippen molar-refractivity contribution in [2.45, 2.75) is 64.0 Å². The number of hydrogen-bond acceptors (Lipinski definition) is 4. The Balaban J connectivity index is 1.34. The molecular formula is C23H35N5O. The summed E-state index contributed by atoms with van der Waals surface area (Å²) in [6.07, 6.45) is 8.01. The summed E-state index contributed by atoms with van der Waals surface area (Å²) in [6.45, 7) is 5.82. The predicted molar refractivity (Wildman–Crippen MR) is 117 cm³/mol. The number of anilines is 1. The van der Waals surface area contributed by atoms with E-state index in [4.69, 9.17) is 5.26 Å². The third-order valence-corrected chi connectivity index (χ3v) is 6.27. The van der Waals surface area contributed by atoms with Crippen molar-refractivity contribution >= 4 is 11.7 Å². The lowest BCUT2D eigenvalue weighted by atomic mass is 9.94. The highest BCUT2D eigenvalue weighted by atomic mass is 16.2. The second-order valence-corrected chi connectivity index (χ2v) is 8.38. The first-order valence-electron chi connectivity index (χ1n) is 11.2. The monoisotopic (exact) mass is 397 g/mol. The Kier molecular flexibility index (Phi) is 8.18. The number of nitrogens with zero attached hydrogens (tertiary/aromatic N) is 2. The van der Waals surface area contributed by atoms with Crippen molar-refractivity contribution in [3.8, 4) is 6.07 Å². The van der Waals surface area contributed by atoms with Gasteiger partial charge in [0.15, 0.2) is 0 Å². The average Bonchev–Trinajstić information content (AvgIpc) is 3.00. The highest BCUT2D eigenvalue weighted by molar-refractivity contribution is 5.75. The maximum atomic E-state index is 12.6. The van der Waals surface area contributed by atoms with Crippen LogP contribution in [0.5, 0.6) is 0 Å². The number of nitrogens with one attached hydrogen (secondary N) is 3. The molecule has 0 radical (unpaired) electrons. The first kappa shape index (κ1) is 21.4. The number of piperazine rings is 1. The molecule has 2 bridgehead atoms. The number of nitriles is 1. The van der Waals surface area contributed by atoms with Gasteiger partial charge in [-0.05, 0) is 62.3 Å². The molecule has 2 amide bonds. The van der Waals surface area contributed by atoms with Gasteiger partial charge in [-0.2, -0.15) is 5.26 Å². The molecule has 0 aliphatic carbocycles. The predicted octanol–water partition coefficient (Wildman–Crippen LogP) is 3.70. The SMILES string of the molecule is CCCC(CCCNc1ccc(C#N)cc1)CCNC(=O)N1C2CCC1CNC2. The van der Waals surface area contributed by atoms with Gasteiger partial charge in [0.2, 0.25) is 0 Å². The van der Waals surface area contributed by atoms with Crippen LogP contribution >= 0.6 is 0 Å². The van der Waals surface area contributed by atoms with Crippen molar-refractivity contribution in [3.05, 3.63) is 29.8 Å². The van der Waals surface area contributed by atoms with Gasteiger partial charge in [0.05, 0.1) is 11.6 Å². The molecule has 3 unspecified atom stereocenters. The van der Waals surface area contributed by atoms with E-state index in [0.29, 0.717) is 23.6 Å². The summed E-state index contributed by atoms with van der Waals surface area (Å²) in [6, 6.07) is 10.6. The summed E-state index contributed by atoms with van der Waals surface area (Å²) >= 11 is 0. The maximum absolute atomic E-state index is 12.6. The second kappa shape index (κ2) is 11.1. The molecule has 6 heteroatoms. The summed E-state index contributed by atoms with van der Waals surface area (Å²) < 4.78 is 0. The van der Waals surface area contributed by atoms with Crippen molar-refractivity contribution in [2.75, 3.05) is 31.5 Å². The van der Waals surface area contributed by atoms with Crippen molar-refractivity contribution < 1.29 is 4.79 Å². The number of carbonyl (C=O) groups excluding carboxylic acids is 1. The molecule has 2 saturated heterocycles. The zero-order valence-corrected chi connectivity index (χ0v) is 17.6. The highest BCUT2D eigenvalue weighted by Gasteiger charge is 2.39. The minimum Gasteiger partial charge on any atom is -0.385 e. The molecule has 6 nitrogen and oxygen atoms in total. The van der Waals surface area contributed by atoms with E-state index in [-0.39, 0.29) is 6.03 Å². The second-order valence-electron chi connectivity index (χ2n) is 8.38. The fraction of sp³-hybridized carbons (Fsp3) is 0.652. The molecule has 0 aromatic heterocycles. The Labute approximate surface area is 175 Å². The molecule has 2 aliphatic heterocycles. The van der Waals surface area contributed by atoms with Crippen LogP contribution in [0.25, 0.3) is 0 Å². The van der Waals surface area contributed by atoms with E-state index in [2.05, 4.69) is 33.8 Å². The fourth-order valence-electron chi connectivity index (χ4n) is 4.71. The minimum absolute atomic E-state index is 0.136. The molecule has 158 valence electrons. The number of fused-ring (bicyclic) bond motifs is 2. The molecule has 0 saturated carbocycles. The Bertz CT molecular complexity index is 668. The third-order valence-electron chi connectivity index (χ3n) is 6.27. The van der Waals surface area contributed by atoms with Gasteiger partial charge >= 0.3 is 6.03 Å². The van der Waals surface area contributed by atoms with Crippen LogP contribution in [-0.4, -0.2) is 49.2 Å². The molecule has 3 rings (SSSR count). The third kappa shape index (κ3) is 6.11. The normalized spacial score (nSPS) is 21.4. The number of benzene rings is 1. The minimum atomic E-state index is 0.136. The zero-order chi connectivity index (χ0) is 20.5. The van der Waals surface area contributed by atoms with E-state index in [9.17, 15) is 4.79 Å². The van der Waals surface area contributed by atoms with Crippen LogP contribution in [0.1, 0.15) is 57.4 Å². The van der Waals surface area contributed by atoms with Crippen molar-refractivity contribution in [1.29, 1.82) is 5.26 Å². The zero-order valence-electron chi connectivity index (χ0n) is 17.6. The summed E-state index contributed by atoms with van der Waals surface area (Å²) in [5.41, 5.74) is 1.75. The van der Waals surface area contributed by atoms with Gasteiger partial charge in [-0.1, -0.05) is 19.8 Å². The molecule has 3 N–H and O–H groups in total. The quantitative estimate of drug-likeness (QED) is 0.526. The average molecular weight is 398 g/mol. The maximum Gasteiger partial charge on any atom is 0.317 e. The van der Waals surface area contributed by atoms with Gasteiger partial charge in [-0.3, -0.25) is 0 Å². The standard InChI is InChI=1S/C23H35N5O/c1-2-4-18(5-3-13-26-20-8-6-19(15-24)7-9-20)12-14-27-23(29)28-21-10-11-22(28)17-25-16-21/h6-9,18,21-22,25-26H,2-5,10-14,16-17H2,1H3,(H,27,29). The van der Waals surface area contributed by atoms with Crippen LogP contribution in [0.15, 0.2) is 24.3 Å². The molecule has 1 aromatic rings. The largest absolute Gasteiger partial charge is 0.385 e. The van der Waals surface area contributed by atoms with Crippen LogP contribution < -0.4 is 16.0 Å². The molecule has 2 heterocycles. The lowest BCUT2D eigenvalue weighted by Gasteiger charge is -2.35. The van der Waals surface area contributed by atoms with Crippen molar-refractivity contribution in [3.63, 3.8) is 0 Å². The number of amides is 2. The van der Waals surface area contributed by atoms with E-state index in [1.54, 1.807) is 0 Å². The van der Waals surface area contributed by atoms with E-state index >= 15 is 0 Å². The first-order chi connectivity index (χ1) is 14.2. The Hall–Kier alpha value is -2.26.